The lowest BCUT2D eigenvalue weighted by Gasteiger charge is -2.44. The van der Waals surface area contributed by atoms with Crippen molar-refractivity contribution in [2.75, 3.05) is 26.4 Å². The quantitative estimate of drug-likeness (QED) is 0.796. The van der Waals surface area contributed by atoms with E-state index < -0.39 is 0 Å². The fraction of sp³-hybridized carbons (Fsp3) is 1.00. The second-order valence-corrected chi connectivity index (χ2v) is 5.09. The van der Waals surface area contributed by atoms with Gasteiger partial charge in [0.1, 0.15) is 0 Å². The van der Waals surface area contributed by atoms with E-state index in [0.717, 1.165) is 45.1 Å². The summed E-state index contributed by atoms with van der Waals surface area (Å²) < 4.78 is 11.5. The first-order valence-electron chi connectivity index (χ1n) is 6.76. The highest BCUT2D eigenvalue weighted by atomic mass is 16.5. The summed E-state index contributed by atoms with van der Waals surface area (Å²) in [6, 6.07) is 0.517. The summed E-state index contributed by atoms with van der Waals surface area (Å²) >= 11 is 0. The van der Waals surface area contributed by atoms with Gasteiger partial charge in [0, 0.05) is 25.8 Å². The Labute approximate surface area is 98.9 Å². The van der Waals surface area contributed by atoms with Gasteiger partial charge in [0.05, 0.1) is 12.2 Å². The van der Waals surface area contributed by atoms with Gasteiger partial charge in [-0.25, -0.2) is 0 Å². The van der Waals surface area contributed by atoms with Gasteiger partial charge in [0.25, 0.3) is 0 Å². The molecule has 2 saturated heterocycles. The average molecular weight is 227 g/mol. The van der Waals surface area contributed by atoms with E-state index in [-0.39, 0.29) is 5.60 Å². The van der Waals surface area contributed by atoms with Crippen LogP contribution in [0.1, 0.15) is 39.5 Å². The summed E-state index contributed by atoms with van der Waals surface area (Å²) in [5, 5.41) is 3.66. The summed E-state index contributed by atoms with van der Waals surface area (Å²) in [6.45, 7) is 8.24. The molecule has 2 aliphatic rings. The number of rotatable bonds is 4. The van der Waals surface area contributed by atoms with Crippen LogP contribution in [0.15, 0.2) is 0 Å². The van der Waals surface area contributed by atoms with Gasteiger partial charge in [-0.1, -0.05) is 13.8 Å². The van der Waals surface area contributed by atoms with Crippen molar-refractivity contribution in [3.63, 3.8) is 0 Å². The number of hydrogen-bond donors (Lipinski definition) is 1. The SMILES string of the molecule is CCC1(CC)OCCNC1CC1CCOC1. The predicted octanol–water partition coefficient (Wildman–Crippen LogP) is 1.96. The van der Waals surface area contributed by atoms with Crippen LogP contribution in [0.5, 0.6) is 0 Å². The summed E-state index contributed by atoms with van der Waals surface area (Å²) in [6.07, 6.45) is 4.65. The third-order valence-electron chi connectivity index (χ3n) is 4.31. The van der Waals surface area contributed by atoms with Crippen LogP contribution in [0, 0.1) is 5.92 Å². The molecule has 1 N–H and O–H groups in total. The van der Waals surface area contributed by atoms with Crippen molar-refractivity contribution in [1.82, 2.24) is 5.32 Å². The molecule has 16 heavy (non-hydrogen) atoms. The molecule has 0 spiro atoms. The maximum Gasteiger partial charge on any atom is 0.0830 e. The molecule has 3 nitrogen and oxygen atoms in total. The van der Waals surface area contributed by atoms with Gasteiger partial charge in [-0.3, -0.25) is 0 Å². The lowest BCUT2D eigenvalue weighted by molar-refractivity contribution is -0.106. The van der Waals surface area contributed by atoms with Crippen molar-refractivity contribution < 1.29 is 9.47 Å². The van der Waals surface area contributed by atoms with Crippen molar-refractivity contribution in [3.8, 4) is 0 Å². The van der Waals surface area contributed by atoms with E-state index in [4.69, 9.17) is 9.47 Å². The molecule has 0 bridgehead atoms. The van der Waals surface area contributed by atoms with Gasteiger partial charge in [-0.2, -0.15) is 0 Å². The molecule has 0 radical (unpaired) electrons. The zero-order valence-electron chi connectivity index (χ0n) is 10.6. The molecule has 2 heterocycles. The van der Waals surface area contributed by atoms with Crippen LogP contribution in [-0.2, 0) is 9.47 Å². The molecule has 2 unspecified atom stereocenters. The van der Waals surface area contributed by atoms with Crippen molar-refractivity contribution >= 4 is 0 Å². The van der Waals surface area contributed by atoms with E-state index in [0.29, 0.717) is 6.04 Å². The maximum absolute atomic E-state index is 6.08. The van der Waals surface area contributed by atoms with Crippen LogP contribution >= 0.6 is 0 Å². The molecule has 94 valence electrons. The Morgan fingerprint density at radius 3 is 2.69 bits per heavy atom. The van der Waals surface area contributed by atoms with E-state index in [1.807, 2.05) is 0 Å². The van der Waals surface area contributed by atoms with Crippen molar-refractivity contribution in [2.45, 2.75) is 51.2 Å². The number of ether oxygens (including phenoxy) is 2. The van der Waals surface area contributed by atoms with Crippen molar-refractivity contribution in [2.24, 2.45) is 5.92 Å². The minimum absolute atomic E-state index is 0.0703. The van der Waals surface area contributed by atoms with E-state index in [9.17, 15) is 0 Å². The van der Waals surface area contributed by atoms with Crippen molar-refractivity contribution in [1.29, 1.82) is 0 Å². The lowest BCUT2D eigenvalue weighted by Crippen LogP contribution is -2.58. The van der Waals surface area contributed by atoms with Crippen molar-refractivity contribution in [3.05, 3.63) is 0 Å². The molecule has 0 aromatic carbocycles. The Morgan fingerprint density at radius 2 is 2.06 bits per heavy atom. The molecule has 0 saturated carbocycles. The largest absolute Gasteiger partial charge is 0.381 e. The zero-order chi connectivity index (χ0) is 11.4. The van der Waals surface area contributed by atoms with E-state index in [1.54, 1.807) is 0 Å². The second-order valence-electron chi connectivity index (χ2n) is 5.09. The summed E-state index contributed by atoms with van der Waals surface area (Å²) in [4.78, 5) is 0. The third kappa shape index (κ3) is 2.41. The molecular formula is C13H25NO2. The molecule has 0 aromatic rings. The van der Waals surface area contributed by atoms with Gasteiger partial charge in [-0.05, 0) is 31.6 Å². The molecule has 2 rings (SSSR count). The third-order valence-corrected chi connectivity index (χ3v) is 4.31. The predicted molar refractivity (Wildman–Crippen MR) is 64.6 cm³/mol. The fourth-order valence-electron chi connectivity index (χ4n) is 3.12. The molecule has 2 fully saturated rings. The summed E-state index contributed by atoms with van der Waals surface area (Å²) in [7, 11) is 0. The Kier molecular flexibility index (Phi) is 4.22. The minimum Gasteiger partial charge on any atom is -0.381 e. The fourth-order valence-corrected chi connectivity index (χ4v) is 3.12. The number of morpholine rings is 1. The summed E-state index contributed by atoms with van der Waals surface area (Å²) in [5.74, 6) is 0.733. The standard InChI is InChI=1S/C13H25NO2/c1-3-13(4-2)12(14-6-8-16-13)9-11-5-7-15-10-11/h11-12,14H,3-10H2,1-2H3. The molecule has 0 amide bonds. The smallest absolute Gasteiger partial charge is 0.0830 e. The molecule has 3 heteroatoms. The maximum atomic E-state index is 6.08. The highest BCUT2D eigenvalue weighted by Gasteiger charge is 2.40. The van der Waals surface area contributed by atoms with E-state index in [1.165, 1.54) is 12.8 Å². The van der Waals surface area contributed by atoms with Gasteiger partial charge < -0.3 is 14.8 Å². The van der Waals surface area contributed by atoms with Crippen LogP contribution in [0.25, 0.3) is 0 Å². The number of nitrogens with one attached hydrogen (secondary N) is 1. The molecular weight excluding hydrogens is 202 g/mol. The highest BCUT2D eigenvalue weighted by molar-refractivity contribution is 4.95. The average Bonchev–Trinajstić information content (AvgIpc) is 2.83. The minimum atomic E-state index is 0.0703. The van der Waals surface area contributed by atoms with E-state index >= 15 is 0 Å². The molecule has 2 atom stereocenters. The van der Waals surface area contributed by atoms with Crippen LogP contribution < -0.4 is 5.32 Å². The summed E-state index contributed by atoms with van der Waals surface area (Å²) in [5.41, 5.74) is 0.0703. The first-order chi connectivity index (χ1) is 7.80. The monoisotopic (exact) mass is 227 g/mol. The van der Waals surface area contributed by atoms with Gasteiger partial charge in [-0.15, -0.1) is 0 Å². The molecule has 0 aromatic heterocycles. The Hall–Kier alpha value is -0.120. The first kappa shape index (κ1) is 12.3. The van der Waals surface area contributed by atoms with Crippen LogP contribution in [-0.4, -0.2) is 38.0 Å². The second kappa shape index (κ2) is 5.48. The zero-order valence-corrected chi connectivity index (χ0v) is 10.6. The van der Waals surface area contributed by atoms with Crippen LogP contribution in [0.2, 0.25) is 0 Å². The Morgan fingerprint density at radius 1 is 1.25 bits per heavy atom. The normalized spacial score (nSPS) is 34.1. The highest BCUT2D eigenvalue weighted by Crippen LogP contribution is 2.32. The topological polar surface area (TPSA) is 30.5 Å². The molecule has 0 aliphatic carbocycles. The van der Waals surface area contributed by atoms with Gasteiger partial charge in [0.15, 0.2) is 0 Å². The van der Waals surface area contributed by atoms with Gasteiger partial charge >= 0.3 is 0 Å². The van der Waals surface area contributed by atoms with Gasteiger partial charge in [0.2, 0.25) is 0 Å². The lowest BCUT2D eigenvalue weighted by atomic mass is 9.81. The van der Waals surface area contributed by atoms with Crippen LogP contribution in [0.4, 0.5) is 0 Å². The van der Waals surface area contributed by atoms with Crippen LogP contribution in [0.3, 0.4) is 0 Å². The Bertz CT molecular complexity index is 210. The first-order valence-corrected chi connectivity index (χ1v) is 6.76. The molecule has 2 aliphatic heterocycles. The Balaban J connectivity index is 1.97. The number of hydrogen-bond acceptors (Lipinski definition) is 3. The van der Waals surface area contributed by atoms with E-state index in [2.05, 4.69) is 19.2 Å².